The Balaban J connectivity index is 3.35. The summed E-state index contributed by atoms with van der Waals surface area (Å²) in [6, 6.07) is 0. The molecule has 0 aliphatic carbocycles. The SMILES string of the molecule is CCCCCCCCCCCCCCOP(O)(=S)OOP(=O)(O)O. The van der Waals surface area contributed by atoms with Gasteiger partial charge in [0.2, 0.25) is 0 Å². The molecule has 1 unspecified atom stereocenters. The third-order valence-corrected chi connectivity index (χ3v) is 5.13. The minimum Gasteiger partial charge on any atom is -0.323 e. The van der Waals surface area contributed by atoms with E-state index in [9.17, 15) is 9.46 Å². The minimum atomic E-state index is -4.83. The molecule has 0 fully saturated rings. The summed E-state index contributed by atoms with van der Waals surface area (Å²) in [7, 11) is -4.83. The van der Waals surface area contributed by atoms with E-state index >= 15 is 0 Å². The highest BCUT2D eigenvalue weighted by Gasteiger charge is 2.24. The molecule has 0 aliphatic heterocycles. The maximum absolute atomic E-state index is 10.4. The van der Waals surface area contributed by atoms with Crippen molar-refractivity contribution in [2.75, 3.05) is 6.61 Å². The lowest BCUT2D eigenvalue weighted by Crippen LogP contribution is -1.97. The summed E-state index contributed by atoms with van der Waals surface area (Å²) in [6.07, 6.45) is 14.5. The largest absolute Gasteiger partial charge is 0.497 e. The number of hydrogen-bond donors (Lipinski definition) is 3. The first-order chi connectivity index (χ1) is 11.3. The van der Waals surface area contributed by atoms with E-state index in [1.807, 2.05) is 0 Å². The van der Waals surface area contributed by atoms with E-state index in [0.29, 0.717) is 6.42 Å². The van der Waals surface area contributed by atoms with Crippen LogP contribution >= 0.6 is 14.5 Å². The molecule has 146 valence electrons. The number of rotatable bonds is 17. The summed E-state index contributed by atoms with van der Waals surface area (Å²) in [5.41, 5.74) is 0. The summed E-state index contributed by atoms with van der Waals surface area (Å²) in [5.74, 6) is 0. The van der Waals surface area contributed by atoms with Crippen LogP contribution in [0.4, 0.5) is 0 Å². The molecular formula is C14H32O7P2S. The third kappa shape index (κ3) is 19.0. The summed E-state index contributed by atoms with van der Waals surface area (Å²) in [5, 5.41) is 0. The van der Waals surface area contributed by atoms with Crippen LogP contribution in [0.1, 0.15) is 84.0 Å². The van der Waals surface area contributed by atoms with Crippen molar-refractivity contribution in [2.24, 2.45) is 0 Å². The predicted molar refractivity (Wildman–Crippen MR) is 97.7 cm³/mol. The highest BCUT2D eigenvalue weighted by Crippen LogP contribution is 2.50. The molecule has 0 aromatic rings. The fourth-order valence-electron chi connectivity index (χ4n) is 2.23. The topological polar surface area (TPSA) is 105 Å². The Kier molecular flexibility index (Phi) is 15.2. The summed E-state index contributed by atoms with van der Waals surface area (Å²) in [4.78, 5) is 26.3. The fraction of sp³-hybridized carbons (Fsp3) is 1.00. The van der Waals surface area contributed by atoms with Gasteiger partial charge in [-0.15, -0.1) is 9.35 Å². The van der Waals surface area contributed by atoms with Crippen LogP contribution in [0, 0.1) is 0 Å². The molecule has 0 rings (SSSR count). The Bertz CT molecular complexity index is 389. The molecule has 0 aromatic heterocycles. The zero-order chi connectivity index (χ0) is 18.3. The van der Waals surface area contributed by atoms with Gasteiger partial charge in [-0.1, -0.05) is 77.6 Å². The van der Waals surface area contributed by atoms with E-state index in [-0.39, 0.29) is 6.61 Å². The first kappa shape index (κ1) is 24.6. The van der Waals surface area contributed by atoms with Crippen LogP contribution in [0.2, 0.25) is 0 Å². The smallest absolute Gasteiger partial charge is 0.323 e. The van der Waals surface area contributed by atoms with E-state index in [0.717, 1.165) is 12.8 Å². The zero-order valence-electron chi connectivity index (χ0n) is 14.5. The molecule has 0 bridgehead atoms. The van der Waals surface area contributed by atoms with Crippen LogP contribution in [-0.2, 0) is 30.2 Å². The quantitative estimate of drug-likeness (QED) is 0.135. The lowest BCUT2D eigenvalue weighted by molar-refractivity contribution is -0.135. The Hall–Kier alpha value is 0.640. The molecule has 0 heterocycles. The van der Waals surface area contributed by atoms with Crippen LogP contribution in [0.5, 0.6) is 0 Å². The first-order valence-electron chi connectivity index (χ1n) is 8.68. The van der Waals surface area contributed by atoms with Crippen molar-refractivity contribution in [1.82, 2.24) is 0 Å². The van der Waals surface area contributed by atoms with E-state index in [2.05, 4.69) is 28.1 Å². The molecule has 0 amide bonds. The lowest BCUT2D eigenvalue weighted by atomic mass is 10.1. The Morgan fingerprint density at radius 3 is 1.58 bits per heavy atom. The van der Waals surface area contributed by atoms with Gasteiger partial charge in [-0.05, 0) is 18.2 Å². The maximum atomic E-state index is 10.4. The molecule has 0 aromatic carbocycles. The standard InChI is InChI=1S/C14H32O7P2S/c1-2-3-4-5-6-7-8-9-10-11-12-13-14-19-23(18,24)21-20-22(15,16)17/h2-14H2,1H3,(H,18,24)(H2,15,16,17). The summed E-state index contributed by atoms with van der Waals surface area (Å²) < 4.78 is 23.1. The van der Waals surface area contributed by atoms with Crippen molar-refractivity contribution < 1.29 is 33.1 Å². The average molecular weight is 406 g/mol. The molecule has 24 heavy (non-hydrogen) atoms. The zero-order valence-corrected chi connectivity index (χ0v) is 17.1. The van der Waals surface area contributed by atoms with Crippen LogP contribution in [0.15, 0.2) is 0 Å². The van der Waals surface area contributed by atoms with Gasteiger partial charge in [-0.3, -0.25) is 0 Å². The van der Waals surface area contributed by atoms with Crippen molar-refractivity contribution in [2.45, 2.75) is 84.0 Å². The van der Waals surface area contributed by atoms with Crippen molar-refractivity contribution in [1.29, 1.82) is 0 Å². The molecule has 0 aliphatic rings. The average Bonchev–Trinajstić information content (AvgIpc) is 2.49. The monoisotopic (exact) mass is 406 g/mol. The normalized spacial score (nSPS) is 14.7. The molecule has 0 saturated carbocycles. The Morgan fingerprint density at radius 2 is 1.17 bits per heavy atom. The second-order valence-corrected chi connectivity index (χ2v) is 9.69. The molecular weight excluding hydrogens is 374 g/mol. The number of phosphoric acid groups is 1. The van der Waals surface area contributed by atoms with Gasteiger partial charge in [-0.2, -0.15) is 0 Å². The number of unbranched alkanes of at least 4 members (excludes halogenated alkanes) is 11. The second kappa shape index (κ2) is 14.8. The van der Waals surface area contributed by atoms with Crippen LogP contribution in [-0.4, -0.2) is 21.3 Å². The second-order valence-electron chi connectivity index (χ2n) is 5.83. The van der Waals surface area contributed by atoms with Crippen LogP contribution in [0.3, 0.4) is 0 Å². The molecule has 10 heteroatoms. The van der Waals surface area contributed by atoms with E-state index in [4.69, 9.17) is 14.3 Å². The Labute approximate surface area is 150 Å². The van der Waals surface area contributed by atoms with Gasteiger partial charge >= 0.3 is 14.5 Å². The predicted octanol–water partition coefficient (Wildman–Crippen LogP) is 4.96. The molecule has 0 saturated heterocycles. The van der Waals surface area contributed by atoms with Gasteiger partial charge in [0.1, 0.15) is 0 Å². The van der Waals surface area contributed by atoms with Gasteiger partial charge in [0, 0.05) is 0 Å². The van der Waals surface area contributed by atoms with Gasteiger partial charge in [0.15, 0.2) is 0 Å². The highest BCUT2D eigenvalue weighted by atomic mass is 32.5. The lowest BCUT2D eigenvalue weighted by Gasteiger charge is -2.14. The van der Waals surface area contributed by atoms with Crippen LogP contribution in [0.25, 0.3) is 0 Å². The third-order valence-electron chi connectivity index (χ3n) is 3.48. The van der Waals surface area contributed by atoms with Crippen molar-refractivity contribution in [3.63, 3.8) is 0 Å². The van der Waals surface area contributed by atoms with E-state index in [1.165, 1.54) is 57.8 Å². The fourth-order valence-corrected chi connectivity index (χ4v) is 3.79. The van der Waals surface area contributed by atoms with E-state index < -0.39 is 14.5 Å². The van der Waals surface area contributed by atoms with Crippen molar-refractivity contribution >= 4 is 26.3 Å². The maximum Gasteiger partial charge on any atom is 0.497 e. The van der Waals surface area contributed by atoms with Crippen molar-refractivity contribution in [3.8, 4) is 0 Å². The van der Waals surface area contributed by atoms with Gasteiger partial charge in [-0.25, -0.2) is 4.57 Å². The van der Waals surface area contributed by atoms with Crippen molar-refractivity contribution in [3.05, 3.63) is 0 Å². The molecule has 7 nitrogen and oxygen atoms in total. The van der Waals surface area contributed by atoms with E-state index in [1.54, 1.807) is 0 Å². The van der Waals surface area contributed by atoms with Gasteiger partial charge < -0.3 is 19.2 Å². The highest BCUT2D eigenvalue weighted by molar-refractivity contribution is 8.07. The molecule has 0 spiro atoms. The molecule has 0 radical (unpaired) electrons. The van der Waals surface area contributed by atoms with Gasteiger partial charge in [0.25, 0.3) is 0 Å². The van der Waals surface area contributed by atoms with Crippen LogP contribution < -0.4 is 0 Å². The summed E-state index contributed by atoms with van der Waals surface area (Å²) in [6.45, 7) is -1.35. The first-order valence-corrected chi connectivity index (χ1v) is 12.8. The number of hydrogen-bond acceptors (Lipinski definition) is 5. The molecule has 3 N–H and O–H groups in total. The minimum absolute atomic E-state index is 0.176. The molecule has 1 atom stereocenters. The Morgan fingerprint density at radius 1 is 0.750 bits per heavy atom. The van der Waals surface area contributed by atoms with Gasteiger partial charge in [0.05, 0.1) is 6.61 Å². The summed E-state index contributed by atoms with van der Waals surface area (Å²) >= 11 is 4.55.